The second-order valence-corrected chi connectivity index (χ2v) is 5.53. The first kappa shape index (κ1) is 20.2. The van der Waals surface area contributed by atoms with Crippen molar-refractivity contribution in [3.8, 4) is 0 Å². The zero-order valence-electron chi connectivity index (χ0n) is 14.6. The molecule has 10 nitrogen and oxygen atoms in total. The SMILES string of the molecule is C[C@@H](OC(=O)/C=C/c1ccccc1[N+](=O)[O-])C(=O)Nc1cccc([N+](=O)[O-])c1. The van der Waals surface area contributed by atoms with Crippen LogP contribution < -0.4 is 5.32 Å². The Morgan fingerprint density at radius 3 is 2.46 bits per heavy atom. The van der Waals surface area contributed by atoms with E-state index in [9.17, 15) is 29.8 Å². The highest BCUT2D eigenvalue weighted by molar-refractivity contribution is 5.97. The van der Waals surface area contributed by atoms with Gasteiger partial charge in [0.15, 0.2) is 6.10 Å². The number of nitrogens with zero attached hydrogens (tertiary/aromatic N) is 2. The van der Waals surface area contributed by atoms with Crippen LogP contribution >= 0.6 is 0 Å². The van der Waals surface area contributed by atoms with Crippen LogP contribution in [0.4, 0.5) is 17.1 Å². The Kier molecular flexibility index (Phi) is 6.53. The monoisotopic (exact) mass is 385 g/mol. The first-order valence-corrected chi connectivity index (χ1v) is 7.95. The number of hydrogen-bond donors (Lipinski definition) is 1. The quantitative estimate of drug-likeness (QED) is 0.334. The fourth-order valence-corrected chi connectivity index (χ4v) is 2.16. The van der Waals surface area contributed by atoms with Crippen LogP contribution in [0.5, 0.6) is 0 Å². The van der Waals surface area contributed by atoms with Crippen LogP contribution in [0.3, 0.4) is 0 Å². The number of esters is 1. The Morgan fingerprint density at radius 2 is 1.79 bits per heavy atom. The molecule has 0 spiro atoms. The molecule has 0 unspecified atom stereocenters. The van der Waals surface area contributed by atoms with Gasteiger partial charge in [-0.25, -0.2) is 4.79 Å². The number of carbonyl (C=O) groups excluding carboxylic acids is 2. The summed E-state index contributed by atoms with van der Waals surface area (Å²) in [6.45, 7) is 1.32. The molecule has 28 heavy (non-hydrogen) atoms. The van der Waals surface area contributed by atoms with Crippen molar-refractivity contribution < 1.29 is 24.2 Å². The lowest BCUT2D eigenvalue weighted by Gasteiger charge is -2.12. The summed E-state index contributed by atoms with van der Waals surface area (Å²) in [6, 6.07) is 11.1. The second-order valence-electron chi connectivity index (χ2n) is 5.53. The van der Waals surface area contributed by atoms with E-state index in [1.165, 1.54) is 55.5 Å². The van der Waals surface area contributed by atoms with Gasteiger partial charge in [-0.1, -0.05) is 18.2 Å². The van der Waals surface area contributed by atoms with E-state index < -0.39 is 27.8 Å². The predicted molar refractivity (Wildman–Crippen MR) is 99.4 cm³/mol. The highest BCUT2D eigenvalue weighted by Gasteiger charge is 2.18. The molecule has 0 heterocycles. The van der Waals surface area contributed by atoms with Crippen LogP contribution in [0.2, 0.25) is 0 Å². The van der Waals surface area contributed by atoms with Crippen LogP contribution in [0.25, 0.3) is 6.08 Å². The molecule has 10 heteroatoms. The Balaban J connectivity index is 1.98. The summed E-state index contributed by atoms with van der Waals surface area (Å²) in [5.41, 5.74) is 0.00792. The largest absolute Gasteiger partial charge is 0.449 e. The summed E-state index contributed by atoms with van der Waals surface area (Å²) in [5.74, 6) is -1.56. The smallest absolute Gasteiger partial charge is 0.331 e. The number of nitrogens with one attached hydrogen (secondary N) is 1. The minimum atomic E-state index is -1.19. The zero-order valence-corrected chi connectivity index (χ0v) is 14.6. The normalized spacial score (nSPS) is 11.6. The maximum absolute atomic E-state index is 12.1. The van der Waals surface area contributed by atoms with Gasteiger partial charge in [-0.3, -0.25) is 25.0 Å². The number of carbonyl (C=O) groups is 2. The van der Waals surface area contributed by atoms with Crippen molar-refractivity contribution in [1.82, 2.24) is 0 Å². The van der Waals surface area contributed by atoms with E-state index >= 15 is 0 Å². The summed E-state index contributed by atoms with van der Waals surface area (Å²) >= 11 is 0. The number of rotatable bonds is 7. The summed E-state index contributed by atoms with van der Waals surface area (Å²) in [5, 5.41) is 24.1. The van der Waals surface area contributed by atoms with Crippen LogP contribution in [0.15, 0.2) is 54.6 Å². The van der Waals surface area contributed by atoms with E-state index in [4.69, 9.17) is 4.74 Å². The molecular weight excluding hydrogens is 370 g/mol. The number of ether oxygens (including phenoxy) is 1. The molecule has 0 fully saturated rings. The molecule has 2 rings (SSSR count). The molecule has 2 aromatic carbocycles. The molecule has 2 aromatic rings. The number of anilines is 1. The lowest BCUT2D eigenvalue weighted by molar-refractivity contribution is -0.385. The predicted octanol–water partition coefficient (Wildman–Crippen LogP) is 3.09. The van der Waals surface area contributed by atoms with Crippen molar-refractivity contribution >= 4 is 35.0 Å². The number of hydrogen-bond acceptors (Lipinski definition) is 7. The van der Waals surface area contributed by atoms with Crippen molar-refractivity contribution in [3.05, 3.63) is 80.4 Å². The van der Waals surface area contributed by atoms with E-state index in [1.807, 2.05) is 0 Å². The number of non-ortho nitro benzene ring substituents is 1. The zero-order chi connectivity index (χ0) is 20.7. The molecule has 0 aromatic heterocycles. The Hall–Kier alpha value is -4.08. The lowest BCUT2D eigenvalue weighted by Crippen LogP contribution is -2.29. The van der Waals surface area contributed by atoms with Crippen molar-refractivity contribution in [2.75, 3.05) is 5.32 Å². The summed E-state index contributed by atoms with van der Waals surface area (Å²) in [6.07, 6.45) is 0.993. The van der Waals surface area contributed by atoms with Gasteiger partial charge in [0.25, 0.3) is 17.3 Å². The fourth-order valence-electron chi connectivity index (χ4n) is 2.16. The topological polar surface area (TPSA) is 142 Å². The van der Waals surface area contributed by atoms with Crippen LogP contribution in [-0.2, 0) is 14.3 Å². The van der Waals surface area contributed by atoms with Gasteiger partial charge in [0, 0.05) is 30.0 Å². The molecule has 0 aliphatic rings. The lowest BCUT2D eigenvalue weighted by atomic mass is 10.1. The molecule has 0 radical (unpaired) electrons. The minimum Gasteiger partial charge on any atom is -0.449 e. The molecule has 1 atom stereocenters. The molecule has 0 aliphatic carbocycles. The van der Waals surface area contributed by atoms with Crippen molar-refractivity contribution in [2.24, 2.45) is 0 Å². The molecule has 144 valence electrons. The highest BCUT2D eigenvalue weighted by Crippen LogP contribution is 2.19. The first-order valence-electron chi connectivity index (χ1n) is 7.95. The van der Waals surface area contributed by atoms with Gasteiger partial charge >= 0.3 is 5.97 Å². The van der Waals surface area contributed by atoms with Crippen LogP contribution in [0, 0.1) is 20.2 Å². The van der Waals surface area contributed by atoms with E-state index in [2.05, 4.69) is 5.32 Å². The Labute approximate surface area is 158 Å². The first-order chi connectivity index (χ1) is 13.3. The van der Waals surface area contributed by atoms with Crippen LogP contribution in [0.1, 0.15) is 12.5 Å². The average molecular weight is 385 g/mol. The summed E-state index contributed by atoms with van der Waals surface area (Å²) in [4.78, 5) is 44.4. The van der Waals surface area contributed by atoms with Gasteiger partial charge in [0.05, 0.1) is 15.4 Å². The number of amides is 1. The minimum absolute atomic E-state index is 0.178. The van der Waals surface area contributed by atoms with Crippen LogP contribution in [-0.4, -0.2) is 27.8 Å². The third-order valence-electron chi connectivity index (χ3n) is 3.52. The number of nitro groups is 2. The number of nitro benzene ring substituents is 2. The Morgan fingerprint density at radius 1 is 1.07 bits per heavy atom. The molecular formula is C18H15N3O7. The van der Waals surface area contributed by atoms with E-state index in [1.54, 1.807) is 6.07 Å². The van der Waals surface area contributed by atoms with E-state index in [0.717, 1.165) is 6.08 Å². The summed E-state index contributed by atoms with van der Waals surface area (Å²) in [7, 11) is 0. The van der Waals surface area contributed by atoms with Gasteiger partial charge in [-0.2, -0.15) is 0 Å². The molecule has 0 aliphatic heterocycles. The molecule has 0 saturated heterocycles. The van der Waals surface area contributed by atoms with Gasteiger partial charge < -0.3 is 10.1 Å². The maximum Gasteiger partial charge on any atom is 0.331 e. The van der Waals surface area contributed by atoms with Gasteiger partial charge in [0.1, 0.15) is 0 Å². The molecule has 0 saturated carbocycles. The van der Waals surface area contributed by atoms with E-state index in [0.29, 0.717) is 0 Å². The second kappa shape index (κ2) is 9.03. The number of benzene rings is 2. The van der Waals surface area contributed by atoms with Crippen molar-refractivity contribution in [2.45, 2.75) is 13.0 Å². The average Bonchev–Trinajstić information content (AvgIpc) is 2.66. The summed E-state index contributed by atoms with van der Waals surface area (Å²) < 4.78 is 4.94. The number of para-hydroxylation sites is 1. The molecule has 0 bridgehead atoms. The molecule has 1 amide bonds. The van der Waals surface area contributed by atoms with Crippen molar-refractivity contribution in [3.63, 3.8) is 0 Å². The Bertz CT molecular complexity index is 956. The van der Waals surface area contributed by atoms with Gasteiger partial charge in [-0.15, -0.1) is 0 Å². The standard InChI is InChI=1S/C18H15N3O7/c1-12(18(23)19-14-6-4-7-15(11-14)20(24)25)28-17(22)10-9-13-5-2-3-8-16(13)21(26)27/h2-12H,1H3,(H,19,23)/b10-9+/t12-/m1/s1. The van der Waals surface area contributed by atoms with Gasteiger partial charge in [0.2, 0.25) is 0 Å². The molecule has 1 N–H and O–H groups in total. The third-order valence-corrected chi connectivity index (χ3v) is 3.52. The van der Waals surface area contributed by atoms with E-state index in [-0.39, 0.29) is 22.6 Å². The fraction of sp³-hybridized carbons (Fsp3) is 0.111. The van der Waals surface area contributed by atoms with Gasteiger partial charge in [-0.05, 0) is 25.1 Å². The third kappa shape index (κ3) is 5.46. The van der Waals surface area contributed by atoms with Crippen molar-refractivity contribution in [1.29, 1.82) is 0 Å². The highest BCUT2D eigenvalue weighted by atomic mass is 16.6. The maximum atomic E-state index is 12.1.